The second kappa shape index (κ2) is 7.50. The molecule has 0 aliphatic carbocycles. The van der Waals surface area contributed by atoms with E-state index >= 15 is 0 Å². The number of carbonyl (C=O) groups excluding carboxylic acids is 1. The van der Waals surface area contributed by atoms with Crippen LogP contribution in [0.1, 0.15) is 29.7 Å². The number of tetrazole rings is 1. The molecular formula is C20H18Cl2N6O. The molecule has 1 aliphatic heterocycles. The number of nitrogens with one attached hydrogen (secondary N) is 2. The van der Waals surface area contributed by atoms with Crippen molar-refractivity contribution in [3.63, 3.8) is 0 Å². The highest BCUT2D eigenvalue weighted by molar-refractivity contribution is 6.35. The topological polar surface area (TPSA) is 84.7 Å². The number of rotatable bonds is 3. The van der Waals surface area contributed by atoms with Crippen LogP contribution in [0.15, 0.2) is 47.7 Å². The fraction of sp³-hybridized carbons (Fsp3) is 0.200. The minimum Gasteiger partial charge on any atom is -0.326 e. The van der Waals surface area contributed by atoms with Gasteiger partial charge in [-0.15, -0.1) is 0 Å². The average molecular weight is 429 g/mol. The molecule has 4 rings (SSSR count). The predicted molar refractivity (Wildman–Crippen MR) is 113 cm³/mol. The maximum absolute atomic E-state index is 13.4. The number of anilines is 2. The summed E-state index contributed by atoms with van der Waals surface area (Å²) in [6.07, 6.45) is 0. The monoisotopic (exact) mass is 428 g/mol. The number of hydrogen-bond acceptors (Lipinski definition) is 5. The Morgan fingerprint density at radius 3 is 2.72 bits per heavy atom. The highest BCUT2D eigenvalue weighted by Crippen LogP contribution is 2.38. The summed E-state index contributed by atoms with van der Waals surface area (Å²) >= 11 is 12.5. The molecule has 0 bridgehead atoms. The van der Waals surface area contributed by atoms with Crippen LogP contribution in [0.25, 0.3) is 0 Å². The van der Waals surface area contributed by atoms with Crippen molar-refractivity contribution < 1.29 is 4.79 Å². The Bertz CT molecular complexity index is 1150. The number of amides is 1. The van der Waals surface area contributed by atoms with Crippen LogP contribution in [0.3, 0.4) is 0 Å². The average Bonchev–Trinajstić information content (AvgIpc) is 3.12. The van der Waals surface area contributed by atoms with E-state index in [9.17, 15) is 4.79 Å². The van der Waals surface area contributed by atoms with Gasteiger partial charge < -0.3 is 10.6 Å². The summed E-state index contributed by atoms with van der Waals surface area (Å²) < 4.78 is 1.54. The fourth-order valence-electron chi connectivity index (χ4n) is 3.39. The van der Waals surface area contributed by atoms with Gasteiger partial charge in [-0.1, -0.05) is 46.5 Å². The molecule has 0 saturated carbocycles. The van der Waals surface area contributed by atoms with E-state index in [0.717, 1.165) is 16.8 Å². The van der Waals surface area contributed by atoms with Crippen LogP contribution in [0.2, 0.25) is 10.0 Å². The maximum Gasteiger partial charge on any atom is 0.255 e. The number of allylic oxidation sites excluding steroid dienone is 1. The molecule has 1 amide bonds. The lowest BCUT2D eigenvalue weighted by molar-refractivity contribution is -0.113. The number of halogens is 2. The normalized spacial score (nSPS) is 15.7. The van der Waals surface area contributed by atoms with E-state index in [1.807, 2.05) is 39.0 Å². The van der Waals surface area contributed by atoms with Crippen molar-refractivity contribution in [3.8, 4) is 0 Å². The molecule has 1 unspecified atom stereocenters. The number of nitrogens with zero attached hydrogens (tertiary/aromatic N) is 4. The van der Waals surface area contributed by atoms with E-state index in [-0.39, 0.29) is 5.91 Å². The summed E-state index contributed by atoms with van der Waals surface area (Å²) in [5, 5.41) is 18.8. The Morgan fingerprint density at radius 2 is 1.97 bits per heavy atom. The van der Waals surface area contributed by atoms with Crippen molar-refractivity contribution in [2.24, 2.45) is 0 Å². The molecule has 3 aromatic rings. The molecule has 148 valence electrons. The van der Waals surface area contributed by atoms with Crippen molar-refractivity contribution >= 4 is 40.7 Å². The molecule has 9 heteroatoms. The first kappa shape index (κ1) is 19.4. The molecule has 0 radical (unpaired) electrons. The summed E-state index contributed by atoms with van der Waals surface area (Å²) in [5.74, 6) is 0.169. The minimum atomic E-state index is -0.601. The van der Waals surface area contributed by atoms with Crippen LogP contribution in [0.4, 0.5) is 11.6 Å². The van der Waals surface area contributed by atoms with E-state index in [2.05, 4.69) is 26.2 Å². The number of aromatic nitrogens is 4. The lowest BCUT2D eigenvalue weighted by Crippen LogP contribution is -2.31. The largest absolute Gasteiger partial charge is 0.326 e. The molecule has 2 N–H and O–H groups in total. The fourth-order valence-corrected chi connectivity index (χ4v) is 3.91. The van der Waals surface area contributed by atoms with E-state index in [1.165, 1.54) is 0 Å². The quantitative estimate of drug-likeness (QED) is 0.640. The maximum atomic E-state index is 13.4. The van der Waals surface area contributed by atoms with Crippen molar-refractivity contribution in [2.75, 3.05) is 10.6 Å². The molecule has 1 aliphatic rings. The predicted octanol–water partition coefficient (Wildman–Crippen LogP) is 4.52. The zero-order valence-electron chi connectivity index (χ0n) is 16.0. The third-order valence-electron chi connectivity index (χ3n) is 5.07. The van der Waals surface area contributed by atoms with Crippen LogP contribution in [-0.2, 0) is 4.79 Å². The van der Waals surface area contributed by atoms with Gasteiger partial charge in [-0.3, -0.25) is 4.79 Å². The Morgan fingerprint density at radius 1 is 1.17 bits per heavy atom. The Kier molecular flexibility index (Phi) is 5.02. The first-order valence-corrected chi connectivity index (χ1v) is 9.70. The van der Waals surface area contributed by atoms with Gasteiger partial charge in [0.1, 0.15) is 6.04 Å². The summed E-state index contributed by atoms with van der Waals surface area (Å²) in [6.45, 7) is 5.78. The van der Waals surface area contributed by atoms with Gasteiger partial charge in [0.15, 0.2) is 0 Å². The highest BCUT2D eigenvalue weighted by atomic mass is 35.5. The highest BCUT2D eigenvalue weighted by Gasteiger charge is 2.35. The first-order valence-electron chi connectivity index (χ1n) is 8.95. The standard InChI is InChI=1S/C20H18Cl2N6O/c1-10-5-4-6-16(11(10)2)24-19(29)17-12(3)23-20-25-26-27-28(20)18(17)14-8-7-13(21)9-15(14)22/h4-9,18H,1-3H3,(H,24,29)(H,23,25,27). The molecule has 0 spiro atoms. The zero-order chi connectivity index (χ0) is 20.7. The smallest absolute Gasteiger partial charge is 0.255 e. The SMILES string of the molecule is CC1=C(C(=O)Nc2cccc(C)c2C)C(c2ccc(Cl)cc2Cl)n2nnnc2N1. The van der Waals surface area contributed by atoms with Crippen LogP contribution in [-0.4, -0.2) is 26.1 Å². The van der Waals surface area contributed by atoms with Gasteiger partial charge >= 0.3 is 0 Å². The second-order valence-electron chi connectivity index (χ2n) is 6.88. The molecular weight excluding hydrogens is 411 g/mol. The van der Waals surface area contributed by atoms with Gasteiger partial charge in [0.25, 0.3) is 5.91 Å². The molecule has 1 atom stereocenters. The summed E-state index contributed by atoms with van der Waals surface area (Å²) in [6, 6.07) is 10.3. The van der Waals surface area contributed by atoms with E-state index in [4.69, 9.17) is 23.2 Å². The van der Waals surface area contributed by atoms with Crippen LogP contribution >= 0.6 is 23.2 Å². The molecule has 0 fully saturated rings. The van der Waals surface area contributed by atoms with Crippen molar-refractivity contribution in [3.05, 3.63) is 74.4 Å². The van der Waals surface area contributed by atoms with Gasteiger partial charge in [0.05, 0.1) is 5.57 Å². The third kappa shape index (κ3) is 3.47. The van der Waals surface area contributed by atoms with Crippen molar-refractivity contribution in [1.29, 1.82) is 0 Å². The number of carbonyl (C=O) groups is 1. The Labute approximate surface area is 177 Å². The Hall–Kier alpha value is -2.90. The second-order valence-corrected chi connectivity index (χ2v) is 7.72. The molecule has 7 nitrogen and oxygen atoms in total. The summed E-state index contributed by atoms with van der Waals surface area (Å²) in [7, 11) is 0. The molecule has 2 heterocycles. The van der Waals surface area contributed by atoms with E-state index in [0.29, 0.717) is 32.8 Å². The van der Waals surface area contributed by atoms with Gasteiger partial charge in [0.2, 0.25) is 5.95 Å². The lowest BCUT2D eigenvalue weighted by Gasteiger charge is -2.28. The molecule has 2 aromatic carbocycles. The number of fused-ring (bicyclic) bond motifs is 1. The van der Waals surface area contributed by atoms with E-state index in [1.54, 1.807) is 22.9 Å². The molecule has 1 aromatic heterocycles. The van der Waals surface area contributed by atoms with E-state index < -0.39 is 6.04 Å². The van der Waals surface area contributed by atoms with Gasteiger partial charge in [-0.25, -0.2) is 0 Å². The minimum absolute atomic E-state index is 0.263. The van der Waals surface area contributed by atoms with Crippen LogP contribution in [0.5, 0.6) is 0 Å². The van der Waals surface area contributed by atoms with Crippen molar-refractivity contribution in [2.45, 2.75) is 26.8 Å². The van der Waals surface area contributed by atoms with Gasteiger partial charge in [-0.2, -0.15) is 4.68 Å². The number of aryl methyl sites for hydroxylation is 1. The summed E-state index contributed by atoms with van der Waals surface area (Å²) in [4.78, 5) is 13.4. The molecule has 29 heavy (non-hydrogen) atoms. The third-order valence-corrected chi connectivity index (χ3v) is 5.63. The van der Waals surface area contributed by atoms with Crippen molar-refractivity contribution in [1.82, 2.24) is 20.2 Å². The first-order chi connectivity index (χ1) is 13.9. The summed E-state index contributed by atoms with van der Waals surface area (Å²) in [5.41, 5.74) is 4.64. The lowest BCUT2D eigenvalue weighted by atomic mass is 9.94. The van der Waals surface area contributed by atoms with Gasteiger partial charge in [-0.05, 0) is 60.5 Å². The Balaban J connectivity index is 1.81. The molecule has 0 saturated heterocycles. The number of hydrogen-bond donors (Lipinski definition) is 2. The van der Waals surface area contributed by atoms with Crippen LogP contribution < -0.4 is 10.6 Å². The number of benzene rings is 2. The zero-order valence-corrected chi connectivity index (χ0v) is 17.5. The van der Waals surface area contributed by atoms with Crippen LogP contribution in [0, 0.1) is 13.8 Å². The van der Waals surface area contributed by atoms with Gasteiger partial charge in [0, 0.05) is 27.0 Å².